The third-order valence-electron chi connectivity index (χ3n) is 6.05. The predicted molar refractivity (Wildman–Crippen MR) is 125 cm³/mol. The second-order valence-corrected chi connectivity index (χ2v) is 8.85. The predicted octanol–water partition coefficient (Wildman–Crippen LogP) is 8.58. The van der Waals surface area contributed by atoms with Gasteiger partial charge in [-0.1, -0.05) is 110 Å². The highest BCUT2D eigenvalue weighted by atomic mass is 14.9. The van der Waals surface area contributed by atoms with E-state index >= 15 is 0 Å². The van der Waals surface area contributed by atoms with Crippen molar-refractivity contribution >= 4 is 0 Å². The summed E-state index contributed by atoms with van der Waals surface area (Å²) in [4.78, 5) is 0. The molecule has 0 aliphatic carbocycles. The monoisotopic (exact) mass is 388 g/mol. The van der Waals surface area contributed by atoms with Gasteiger partial charge in [0.15, 0.2) is 12.4 Å². The Bertz CT molecular complexity index is 381. The molecule has 0 aliphatic rings. The van der Waals surface area contributed by atoms with Crippen LogP contribution < -0.4 is 4.57 Å². The van der Waals surface area contributed by atoms with Gasteiger partial charge in [-0.25, -0.2) is 4.57 Å². The van der Waals surface area contributed by atoms with Gasteiger partial charge < -0.3 is 0 Å². The molecule has 0 unspecified atom stereocenters. The Balaban J connectivity index is 1.94. The van der Waals surface area contributed by atoms with Gasteiger partial charge in [0.05, 0.1) is 0 Å². The quantitative estimate of drug-likeness (QED) is 0.155. The van der Waals surface area contributed by atoms with E-state index in [-0.39, 0.29) is 0 Å². The van der Waals surface area contributed by atoms with Crippen molar-refractivity contribution in [2.45, 2.75) is 142 Å². The Kier molecular flexibility index (Phi) is 17.5. The number of pyridine rings is 1. The van der Waals surface area contributed by atoms with Crippen LogP contribution in [0.3, 0.4) is 0 Å². The molecule has 0 saturated heterocycles. The lowest BCUT2D eigenvalue weighted by Crippen LogP contribution is -2.32. The van der Waals surface area contributed by atoms with Crippen molar-refractivity contribution in [3.05, 3.63) is 30.1 Å². The Hall–Kier alpha value is -0.850. The maximum absolute atomic E-state index is 2.38. The first-order chi connectivity index (χ1) is 13.9. The molecule has 0 N–H and O–H groups in total. The van der Waals surface area contributed by atoms with Crippen molar-refractivity contribution < 1.29 is 4.57 Å². The van der Waals surface area contributed by atoms with Gasteiger partial charge in [0.25, 0.3) is 0 Å². The van der Waals surface area contributed by atoms with Gasteiger partial charge in [-0.05, 0) is 24.8 Å². The topological polar surface area (TPSA) is 3.88 Å². The smallest absolute Gasteiger partial charge is 0.169 e. The summed E-state index contributed by atoms with van der Waals surface area (Å²) in [7, 11) is 0. The van der Waals surface area contributed by atoms with Crippen LogP contribution in [0.1, 0.15) is 135 Å². The molecule has 1 nitrogen and oxygen atoms in total. The Morgan fingerprint density at radius 1 is 0.500 bits per heavy atom. The van der Waals surface area contributed by atoms with E-state index in [2.05, 4.69) is 42.9 Å². The summed E-state index contributed by atoms with van der Waals surface area (Å²) in [6.07, 6.45) is 31.3. The highest BCUT2D eigenvalue weighted by molar-refractivity contribution is 5.07. The van der Waals surface area contributed by atoms with E-state index in [1.807, 2.05) is 0 Å². The lowest BCUT2D eigenvalue weighted by molar-refractivity contribution is -0.697. The molecule has 0 amide bonds. The third-order valence-corrected chi connectivity index (χ3v) is 6.05. The van der Waals surface area contributed by atoms with E-state index in [1.165, 1.54) is 134 Å². The van der Waals surface area contributed by atoms with E-state index in [9.17, 15) is 0 Å². The van der Waals surface area contributed by atoms with Crippen LogP contribution in [0.2, 0.25) is 0 Å². The first kappa shape index (κ1) is 25.2. The van der Waals surface area contributed by atoms with Crippen molar-refractivity contribution in [2.75, 3.05) is 0 Å². The second-order valence-electron chi connectivity index (χ2n) is 8.85. The molecule has 1 rings (SSSR count). The number of aromatic nitrogens is 1. The second kappa shape index (κ2) is 19.5. The molecule has 1 heterocycles. The maximum Gasteiger partial charge on any atom is 0.169 e. The fourth-order valence-electron chi connectivity index (χ4n) is 4.05. The number of hydrogen-bond acceptors (Lipinski definition) is 0. The summed E-state index contributed by atoms with van der Waals surface area (Å²) in [6, 6.07) is 4.69. The summed E-state index contributed by atoms with van der Waals surface area (Å²) in [6.45, 7) is 5.78. The molecule has 0 bridgehead atoms. The normalized spacial score (nSPS) is 11.2. The van der Waals surface area contributed by atoms with Crippen molar-refractivity contribution in [3.63, 3.8) is 0 Å². The molecule has 162 valence electrons. The van der Waals surface area contributed by atoms with Crippen LogP contribution in [0.15, 0.2) is 24.5 Å². The number of rotatable bonds is 20. The Morgan fingerprint density at radius 3 is 1.36 bits per heavy atom. The van der Waals surface area contributed by atoms with Crippen LogP contribution in [0.5, 0.6) is 0 Å². The average Bonchev–Trinajstić information content (AvgIpc) is 2.72. The summed E-state index contributed by atoms with van der Waals surface area (Å²) < 4.78 is 2.38. The molecule has 28 heavy (non-hydrogen) atoms. The SMILES string of the molecule is CCCCCCCCCCCc1cc[n+](CCCCCCCCCCC)cc1. The van der Waals surface area contributed by atoms with Crippen LogP contribution in [0.4, 0.5) is 0 Å². The van der Waals surface area contributed by atoms with E-state index in [0.717, 1.165) is 0 Å². The number of nitrogens with zero attached hydrogens (tertiary/aromatic N) is 1. The first-order valence-corrected chi connectivity index (χ1v) is 12.8. The molecular weight excluding hydrogens is 338 g/mol. The average molecular weight is 389 g/mol. The van der Waals surface area contributed by atoms with Gasteiger partial charge in [0, 0.05) is 18.6 Å². The van der Waals surface area contributed by atoms with E-state index in [1.54, 1.807) is 0 Å². The van der Waals surface area contributed by atoms with Gasteiger partial charge in [-0.3, -0.25) is 0 Å². The maximum atomic E-state index is 2.38. The van der Waals surface area contributed by atoms with Crippen LogP contribution in [-0.4, -0.2) is 0 Å². The molecule has 0 atom stereocenters. The summed E-state index contributed by atoms with van der Waals surface area (Å²) in [5.41, 5.74) is 1.52. The fourth-order valence-corrected chi connectivity index (χ4v) is 4.05. The van der Waals surface area contributed by atoms with E-state index < -0.39 is 0 Å². The minimum Gasteiger partial charge on any atom is -0.205 e. The van der Waals surface area contributed by atoms with Gasteiger partial charge in [-0.15, -0.1) is 0 Å². The fraction of sp³-hybridized carbons (Fsp3) is 0.815. The Labute approximate surface area is 177 Å². The molecular formula is C27H50N+. The summed E-state index contributed by atoms with van der Waals surface area (Å²) in [5, 5.41) is 0. The molecule has 0 saturated carbocycles. The zero-order valence-corrected chi connectivity index (χ0v) is 19.4. The lowest BCUT2D eigenvalue weighted by atomic mass is 10.0. The highest BCUT2D eigenvalue weighted by Crippen LogP contribution is 2.12. The van der Waals surface area contributed by atoms with E-state index in [0.29, 0.717) is 0 Å². The molecule has 0 fully saturated rings. The molecule has 0 aliphatic heterocycles. The van der Waals surface area contributed by atoms with Crippen molar-refractivity contribution in [2.24, 2.45) is 0 Å². The molecule has 1 heteroatoms. The highest BCUT2D eigenvalue weighted by Gasteiger charge is 2.02. The standard InChI is InChI=1S/C27H50N/c1-3-5-7-9-11-13-15-17-19-21-27-22-25-28(26-23-27)24-20-18-16-14-12-10-8-6-4-2/h22-23,25-26H,3-21,24H2,1-2H3/q+1. The molecule has 0 spiro atoms. The first-order valence-electron chi connectivity index (χ1n) is 12.8. The summed E-state index contributed by atoms with van der Waals surface area (Å²) in [5.74, 6) is 0. The lowest BCUT2D eigenvalue weighted by Gasteiger charge is -2.03. The molecule has 0 aromatic carbocycles. The van der Waals surface area contributed by atoms with Crippen LogP contribution in [0, 0.1) is 0 Å². The van der Waals surface area contributed by atoms with Gasteiger partial charge in [0.1, 0.15) is 6.54 Å². The van der Waals surface area contributed by atoms with Crippen molar-refractivity contribution in [1.29, 1.82) is 0 Å². The number of hydrogen-bond donors (Lipinski definition) is 0. The molecule has 0 radical (unpaired) electrons. The Morgan fingerprint density at radius 2 is 0.893 bits per heavy atom. The molecule has 1 aromatic heterocycles. The van der Waals surface area contributed by atoms with Crippen LogP contribution in [0.25, 0.3) is 0 Å². The summed E-state index contributed by atoms with van der Waals surface area (Å²) >= 11 is 0. The zero-order chi connectivity index (χ0) is 20.1. The van der Waals surface area contributed by atoms with Crippen molar-refractivity contribution in [1.82, 2.24) is 0 Å². The van der Waals surface area contributed by atoms with Gasteiger partial charge in [0.2, 0.25) is 0 Å². The van der Waals surface area contributed by atoms with Gasteiger partial charge >= 0.3 is 0 Å². The number of unbranched alkanes of at least 4 members (excludes halogenated alkanes) is 16. The minimum absolute atomic E-state index is 1.19. The minimum atomic E-state index is 1.19. The van der Waals surface area contributed by atoms with Crippen LogP contribution in [-0.2, 0) is 13.0 Å². The van der Waals surface area contributed by atoms with Crippen molar-refractivity contribution in [3.8, 4) is 0 Å². The molecule has 1 aromatic rings. The number of aryl methyl sites for hydroxylation is 2. The third kappa shape index (κ3) is 15.1. The zero-order valence-electron chi connectivity index (χ0n) is 19.4. The van der Waals surface area contributed by atoms with Gasteiger partial charge in [-0.2, -0.15) is 0 Å². The largest absolute Gasteiger partial charge is 0.205 e. The van der Waals surface area contributed by atoms with Crippen LogP contribution >= 0.6 is 0 Å². The van der Waals surface area contributed by atoms with E-state index in [4.69, 9.17) is 0 Å².